The summed E-state index contributed by atoms with van der Waals surface area (Å²) in [6, 6.07) is 0. The van der Waals surface area contributed by atoms with E-state index in [1.807, 2.05) is 0 Å². The smallest absolute Gasteiger partial charge is 0.335 e. The lowest BCUT2D eigenvalue weighted by molar-refractivity contribution is -0.148. The van der Waals surface area contributed by atoms with Crippen LogP contribution >= 0.6 is 0 Å². The van der Waals surface area contributed by atoms with Gasteiger partial charge < -0.3 is 14.3 Å². The maximum absolute atomic E-state index is 11.0. The van der Waals surface area contributed by atoms with Crippen LogP contribution in [0.2, 0.25) is 18.1 Å². The number of carbonyl (C=O) groups excluding carboxylic acids is 1. The average Bonchev–Trinajstić information content (AvgIpc) is 2.41. The molecule has 1 N–H and O–H groups in total. The van der Waals surface area contributed by atoms with Crippen molar-refractivity contribution in [3.05, 3.63) is 0 Å². The van der Waals surface area contributed by atoms with Crippen LogP contribution in [-0.4, -0.2) is 38.2 Å². The zero-order valence-corrected chi connectivity index (χ0v) is 11.7. The topological polar surface area (TPSA) is 55.8 Å². The molecule has 4 nitrogen and oxygen atoms in total. The molecule has 1 saturated heterocycles. The molecule has 0 bridgehead atoms. The summed E-state index contributed by atoms with van der Waals surface area (Å²) in [4.78, 5) is 11.0. The van der Waals surface area contributed by atoms with Gasteiger partial charge in [-0.3, -0.25) is 0 Å². The number of aliphatic hydroxyl groups excluding tert-OH is 1. The van der Waals surface area contributed by atoms with Gasteiger partial charge in [0.05, 0.1) is 6.61 Å². The van der Waals surface area contributed by atoms with Crippen molar-refractivity contribution in [2.75, 3.05) is 6.61 Å². The molecule has 0 aliphatic carbocycles. The van der Waals surface area contributed by atoms with Gasteiger partial charge in [-0.25, -0.2) is 4.79 Å². The Kier molecular flexibility index (Phi) is 3.82. The van der Waals surface area contributed by atoms with Gasteiger partial charge in [0.1, 0.15) is 6.10 Å². The van der Waals surface area contributed by atoms with Crippen molar-refractivity contribution in [2.45, 2.75) is 57.5 Å². The highest BCUT2D eigenvalue weighted by atomic mass is 28.4. The number of carbonyl (C=O) groups is 1. The van der Waals surface area contributed by atoms with E-state index in [4.69, 9.17) is 9.16 Å². The predicted octanol–water partition coefficient (Wildman–Crippen LogP) is 1.68. The SMILES string of the molecule is CC(C)(C)[Si](C)(C)OC[C@@H]1C[C@@H](O)C(=O)O1. The lowest BCUT2D eigenvalue weighted by atomic mass is 10.2. The Morgan fingerprint density at radius 2 is 2.06 bits per heavy atom. The molecule has 16 heavy (non-hydrogen) atoms. The fourth-order valence-corrected chi connectivity index (χ4v) is 2.29. The molecule has 5 heteroatoms. The Balaban J connectivity index is 2.44. The Morgan fingerprint density at radius 3 is 2.44 bits per heavy atom. The molecule has 0 aromatic heterocycles. The van der Waals surface area contributed by atoms with Gasteiger partial charge in [-0.05, 0) is 18.1 Å². The van der Waals surface area contributed by atoms with Gasteiger partial charge >= 0.3 is 5.97 Å². The van der Waals surface area contributed by atoms with Crippen molar-refractivity contribution >= 4 is 14.3 Å². The number of hydrogen-bond donors (Lipinski definition) is 1. The van der Waals surface area contributed by atoms with E-state index in [0.717, 1.165) is 0 Å². The van der Waals surface area contributed by atoms with Crippen molar-refractivity contribution in [3.8, 4) is 0 Å². The maximum Gasteiger partial charge on any atom is 0.335 e. The number of aliphatic hydroxyl groups is 1. The molecule has 0 unspecified atom stereocenters. The van der Waals surface area contributed by atoms with Gasteiger partial charge in [-0.2, -0.15) is 0 Å². The first kappa shape index (κ1) is 13.7. The minimum Gasteiger partial charge on any atom is -0.458 e. The summed E-state index contributed by atoms with van der Waals surface area (Å²) in [5, 5.41) is 9.39. The summed E-state index contributed by atoms with van der Waals surface area (Å²) in [5.74, 6) is -0.524. The fourth-order valence-electron chi connectivity index (χ4n) is 1.26. The highest BCUT2D eigenvalue weighted by molar-refractivity contribution is 6.74. The zero-order chi connectivity index (χ0) is 12.6. The van der Waals surface area contributed by atoms with Gasteiger partial charge in [0.15, 0.2) is 14.4 Å². The van der Waals surface area contributed by atoms with Gasteiger partial charge in [0.25, 0.3) is 0 Å². The molecule has 1 heterocycles. The van der Waals surface area contributed by atoms with Crippen LogP contribution in [-0.2, 0) is 14.0 Å². The van der Waals surface area contributed by atoms with Crippen LogP contribution in [0.25, 0.3) is 0 Å². The molecule has 0 aromatic rings. The summed E-state index contributed by atoms with van der Waals surface area (Å²) < 4.78 is 10.9. The van der Waals surface area contributed by atoms with Crippen LogP contribution in [0.3, 0.4) is 0 Å². The number of ether oxygens (including phenoxy) is 1. The second kappa shape index (κ2) is 4.47. The number of rotatable bonds is 3. The van der Waals surface area contributed by atoms with Crippen molar-refractivity contribution < 1.29 is 19.1 Å². The molecule has 0 radical (unpaired) electrons. The standard InChI is InChI=1S/C11H22O4Si/c1-11(2,3)16(4,5)14-7-8-6-9(12)10(13)15-8/h8-9,12H,6-7H2,1-5H3/t8-,9+/m0/s1. The van der Waals surface area contributed by atoms with E-state index in [0.29, 0.717) is 13.0 Å². The van der Waals surface area contributed by atoms with Crippen LogP contribution in [0.1, 0.15) is 27.2 Å². The molecule has 0 amide bonds. The van der Waals surface area contributed by atoms with Crippen molar-refractivity contribution in [3.63, 3.8) is 0 Å². The summed E-state index contributed by atoms with van der Waals surface area (Å²) in [7, 11) is -1.79. The van der Waals surface area contributed by atoms with E-state index < -0.39 is 20.4 Å². The van der Waals surface area contributed by atoms with E-state index in [9.17, 15) is 9.90 Å². The van der Waals surface area contributed by atoms with Crippen LogP contribution < -0.4 is 0 Å². The second-order valence-corrected chi connectivity index (χ2v) is 10.7. The molecule has 1 rings (SSSR count). The normalized spacial score (nSPS) is 27.0. The molecule has 1 fully saturated rings. The van der Waals surface area contributed by atoms with Gasteiger partial charge in [0, 0.05) is 6.42 Å². The third kappa shape index (κ3) is 3.05. The van der Waals surface area contributed by atoms with Crippen molar-refractivity contribution in [1.82, 2.24) is 0 Å². The summed E-state index contributed by atoms with van der Waals surface area (Å²) in [5.41, 5.74) is 0. The van der Waals surface area contributed by atoms with Crippen LogP contribution in [0.4, 0.5) is 0 Å². The van der Waals surface area contributed by atoms with Crippen LogP contribution in [0, 0.1) is 0 Å². The molecule has 1 aliphatic rings. The molecular weight excluding hydrogens is 224 g/mol. The lowest BCUT2D eigenvalue weighted by Gasteiger charge is -2.36. The summed E-state index contributed by atoms with van der Waals surface area (Å²) in [6.07, 6.45) is -0.891. The Labute approximate surface area is 98.1 Å². The first-order valence-corrected chi connectivity index (χ1v) is 8.57. The Hall–Kier alpha value is -0.393. The van der Waals surface area contributed by atoms with E-state index in [2.05, 4.69) is 33.9 Å². The van der Waals surface area contributed by atoms with E-state index in [1.54, 1.807) is 0 Å². The highest BCUT2D eigenvalue weighted by Gasteiger charge is 2.39. The maximum atomic E-state index is 11.0. The fraction of sp³-hybridized carbons (Fsp3) is 0.909. The number of esters is 1. The minimum absolute atomic E-state index is 0.147. The summed E-state index contributed by atoms with van der Waals surface area (Å²) in [6.45, 7) is 11.2. The zero-order valence-electron chi connectivity index (χ0n) is 10.7. The third-order valence-corrected chi connectivity index (χ3v) is 7.98. The van der Waals surface area contributed by atoms with Crippen LogP contribution in [0.5, 0.6) is 0 Å². The third-order valence-electron chi connectivity index (χ3n) is 3.48. The first-order chi connectivity index (χ1) is 7.13. The van der Waals surface area contributed by atoms with Gasteiger partial charge in [-0.1, -0.05) is 20.8 Å². The summed E-state index contributed by atoms with van der Waals surface area (Å²) >= 11 is 0. The Morgan fingerprint density at radius 1 is 1.50 bits per heavy atom. The Bertz CT molecular complexity index is 270. The molecule has 0 aromatic carbocycles. The van der Waals surface area contributed by atoms with Crippen molar-refractivity contribution in [1.29, 1.82) is 0 Å². The predicted molar refractivity (Wildman–Crippen MR) is 63.7 cm³/mol. The molecule has 94 valence electrons. The van der Waals surface area contributed by atoms with Gasteiger partial charge in [-0.15, -0.1) is 0 Å². The molecule has 0 spiro atoms. The number of hydrogen-bond acceptors (Lipinski definition) is 4. The highest BCUT2D eigenvalue weighted by Crippen LogP contribution is 2.36. The average molecular weight is 246 g/mol. The van der Waals surface area contributed by atoms with Crippen LogP contribution in [0.15, 0.2) is 0 Å². The number of cyclic esters (lactones) is 1. The van der Waals surface area contributed by atoms with E-state index in [-0.39, 0.29) is 11.1 Å². The van der Waals surface area contributed by atoms with Gasteiger partial charge in [0.2, 0.25) is 0 Å². The van der Waals surface area contributed by atoms with E-state index in [1.165, 1.54) is 0 Å². The molecule has 1 aliphatic heterocycles. The largest absolute Gasteiger partial charge is 0.458 e. The lowest BCUT2D eigenvalue weighted by Crippen LogP contribution is -2.42. The molecule has 2 atom stereocenters. The monoisotopic (exact) mass is 246 g/mol. The second-order valence-electron chi connectivity index (χ2n) is 5.88. The quantitative estimate of drug-likeness (QED) is 0.608. The van der Waals surface area contributed by atoms with E-state index >= 15 is 0 Å². The minimum atomic E-state index is -1.79. The molecular formula is C11H22O4Si. The first-order valence-electron chi connectivity index (χ1n) is 5.66. The molecule has 0 saturated carbocycles. The van der Waals surface area contributed by atoms with Crippen molar-refractivity contribution in [2.24, 2.45) is 0 Å².